The van der Waals surface area contributed by atoms with Crippen molar-refractivity contribution in [3.63, 3.8) is 0 Å². The maximum atomic E-state index is 12.1. The number of carbonyl (C=O) groups excluding carboxylic acids is 1. The van der Waals surface area contributed by atoms with Crippen LogP contribution in [0.3, 0.4) is 0 Å². The van der Waals surface area contributed by atoms with Gasteiger partial charge in [0.2, 0.25) is 5.91 Å². The molecule has 1 aliphatic carbocycles. The molecule has 8 nitrogen and oxygen atoms in total. The minimum atomic E-state index is -0.0717. The van der Waals surface area contributed by atoms with E-state index in [1.54, 1.807) is 7.11 Å². The zero-order valence-electron chi connectivity index (χ0n) is 15.6. The number of nitrogens with one attached hydrogen (secondary N) is 2. The standard InChI is InChI=1S/C20H22N6O2/c1-28-18-10-2-14(3-11-18)12-22-19(27)13-21-16-6-4-15(5-7-16)20-23-24-25-26(20)17-8-9-17/h2-7,10-11,17,21H,8-9,12-13H2,1H3,(H,22,27). The van der Waals surface area contributed by atoms with Crippen LogP contribution in [-0.4, -0.2) is 39.8 Å². The summed E-state index contributed by atoms with van der Waals surface area (Å²) in [6.07, 6.45) is 2.26. The SMILES string of the molecule is COc1ccc(CNC(=O)CNc2ccc(-c3nnnn3C3CC3)cc2)cc1. The van der Waals surface area contributed by atoms with Gasteiger partial charge in [-0.1, -0.05) is 12.1 Å². The molecule has 0 atom stereocenters. The van der Waals surface area contributed by atoms with Crippen LogP contribution in [0.4, 0.5) is 5.69 Å². The molecule has 3 aromatic rings. The van der Waals surface area contributed by atoms with E-state index in [4.69, 9.17) is 4.74 Å². The lowest BCUT2D eigenvalue weighted by molar-refractivity contribution is -0.119. The summed E-state index contributed by atoms with van der Waals surface area (Å²) in [5, 5.41) is 18.0. The molecule has 1 saturated carbocycles. The van der Waals surface area contributed by atoms with Crippen LogP contribution in [0.1, 0.15) is 24.4 Å². The van der Waals surface area contributed by atoms with Gasteiger partial charge >= 0.3 is 0 Å². The highest BCUT2D eigenvalue weighted by molar-refractivity contribution is 5.80. The second kappa shape index (κ2) is 8.08. The van der Waals surface area contributed by atoms with Crippen molar-refractivity contribution >= 4 is 11.6 Å². The largest absolute Gasteiger partial charge is 0.497 e. The molecular formula is C20H22N6O2. The van der Waals surface area contributed by atoms with Crippen molar-refractivity contribution in [2.45, 2.75) is 25.4 Å². The average molecular weight is 378 g/mol. The smallest absolute Gasteiger partial charge is 0.239 e. The zero-order chi connectivity index (χ0) is 19.3. The number of aromatic nitrogens is 4. The van der Waals surface area contributed by atoms with Gasteiger partial charge in [0, 0.05) is 17.8 Å². The number of anilines is 1. The first-order valence-electron chi connectivity index (χ1n) is 9.25. The van der Waals surface area contributed by atoms with E-state index in [0.717, 1.165) is 41.2 Å². The molecule has 1 heterocycles. The molecule has 0 aliphatic heterocycles. The Labute approximate surface area is 162 Å². The van der Waals surface area contributed by atoms with Gasteiger partial charge in [-0.25, -0.2) is 4.68 Å². The normalized spacial score (nSPS) is 13.2. The molecule has 0 unspecified atom stereocenters. The van der Waals surface area contributed by atoms with Crippen LogP contribution < -0.4 is 15.4 Å². The van der Waals surface area contributed by atoms with Gasteiger partial charge in [0.15, 0.2) is 5.82 Å². The average Bonchev–Trinajstić information content (AvgIpc) is 3.48. The number of tetrazole rings is 1. The molecule has 0 bridgehead atoms. The van der Waals surface area contributed by atoms with Crippen LogP contribution in [0.15, 0.2) is 48.5 Å². The van der Waals surface area contributed by atoms with Crippen LogP contribution >= 0.6 is 0 Å². The topological polar surface area (TPSA) is 94.0 Å². The number of benzene rings is 2. The van der Waals surface area contributed by atoms with Gasteiger partial charge in [-0.15, -0.1) is 5.10 Å². The molecule has 4 rings (SSSR count). The number of amides is 1. The van der Waals surface area contributed by atoms with Crippen molar-refractivity contribution in [1.82, 2.24) is 25.5 Å². The molecule has 1 aromatic heterocycles. The summed E-state index contributed by atoms with van der Waals surface area (Å²) in [4.78, 5) is 12.1. The highest BCUT2D eigenvalue weighted by Crippen LogP contribution is 2.36. The minimum absolute atomic E-state index is 0.0717. The van der Waals surface area contributed by atoms with Gasteiger partial charge in [-0.2, -0.15) is 0 Å². The number of nitrogens with zero attached hydrogens (tertiary/aromatic N) is 4. The molecule has 28 heavy (non-hydrogen) atoms. The highest BCUT2D eigenvalue weighted by atomic mass is 16.5. The Morgan fingerprint density at radius 1 is 1.14 bits per heavy atom. The summed E-state index contributed by atoms with van der Waals surface area (Å²) in [5.74, 6) is 1.51. The summed E-state index contributed by atoms with van der Waals surface area (Å²) in [7, 11) is 1.63. The summed E-state index contributed by atoms with van der Waals surface area (Å²) < 4.78 is 7.01. The predicted molar refractivity (Wildman–Crippen MR) is 105 cm³/mol. The van der Waals surface area contributed by atoms with Crippen molar-refractivity contribution in [3.8, 4) is 17.1 Å². The third-order valence-corrected chi connectivity index (χ3v) is 4.63. The van der Waals surface area contributed by atoms with Crippen LogP contribution in [-0.2, 0) is 11.3 Å². The van der Waals surface area contributed by atoms with Crippen LogP contribution in [0.2, 0.25) is 0 Å². The Balaban J connectivity index is 1.27. The lowest BCUT2D eigenvalue weighted by Gasteiger charge is -2.09. The van der Waals surface area contributed by atoms with Crippen molar-refractivity contribution < 1.29 is 9.53 Å². The predicted octanol–water partition coefficient (Wildman–Crippen LogP) is 2.41. The van der Waals surface area contributed by atoms with Crippen LogP contribution in [0.25, 0.3) is 11.4 Å². The Morgan fingerprint density at radius 3 is 2.57 bits per heavy atom. The second-order valence-corrected chi connectivity index (χ2v) is 6.73. The minimum Gasteiger partial charge on any atom is -0.497 e. The van der Waals surface area contributed by atoms with Gasteiger partial charge in [0.05, 0.1) is 19.7 Å². The number of rotatable bonds is 8. The molecule has 0 radical (unpaired) electrons. The lowest BCUT2D eigenvalue weighted by Crippen LogP contribution is -2.29. The Kier molecular flexibility index (Phi) is 5.18. The van der Waals surface area contributed by atoms with Crippen molar-refractivity contribution in [3.05, 3.63) is 54.1 Å². The summed E-state index contributed by atoms with van der Waals surface area (Å²) >= 11 is 0. The molecule has 1 amide bonds. The third kappa shape index (κ3) is 4.28. The van der Waals surface area contributed by atoms with E-state index in [1.807, 2.05) is 53.2 Å². The second-order valence-electron chi connectivity index (χ2n) is 6.73. The van der Waals surface area contributed by atoms with E-state index < -0.39 is 0 Å². The molecule has 144 valence electrons. The first kappa shape index (κ1) is 18.0. The summed E-state index contributed by atoms with van der Waals surface area (Å²) in [6, 6.07) is 15.8. The lowest BCUT2D eigenvalue weighted by atomic mass is 10.2. The molecular weight excluding hydrogens is 356 g/mol. The first-order chi connectivity index (χ1) is 13.7. The zero-order valence-corrected chi connectivity index (χ0v) is 15.6. The Morgan fingerprint density at radius 2 is 1.89 bits per heavy atom. The first-order valence-corrected chi connectivity index (χ1v) is 9.25. The molecule has 1 aliphatic rings. The van der Waals surface area contributed by atoms with Crippen LogP contribution in [0, 0.1) is 0 Å². The van der Waals surface area contributed by atoms with Gasteiger partial charge in [0.25, 0.3) is 0 Å². The van der Waals surface area contributed by atoms with E-state index >= 15 is 0 Å². The van der Waals surface area contributed by atoms with E-state index in [0.29, 0.717) is 12.6 Å². The number of ether oxygens (including phenoxy) is 1. The van der Waals surface area contributed by atoms with E-state index in [-0.39, 0.29) is 12.5 Å². The van der Waals surface area contributed by atoms with E-state index in [1.165, 1.54) is 0 Å². The van der Waals surface area contributed by atoms with Crippen molar-refractivity contribution in [2.24, 2.45) is 0 Å². The van der Waals surface area contributed by atoms with Crippen molar-refractivity contribution in [2.75, 3.05) is 19.0 Å². The van der Waals surface area contributed by atoms with Gasteiger partial charge in [-0.3, -0.25) is 4.79 Å². The molecule has 2 aromatic carbocycles. The Hall–Kier alpha value is -3.42. The molecule has 0 saturated heterocycles. The van der Waals surface area contributed by atoms with Gasteiger partial charge in [-0.05, 0) is 65.2 Å². The summed E-state index contributed by atoms with van der Waals surface area (Å²) in [5.41, 5.74) is 2.85. The maximum absolute atomic E-state index is 12.1. The molecule has 1 fully saturated rings. The molecule has 2 N–H and O–H groups in total. The molecule has 0 spiro atoms. The van der Waals surface area contributed by atoms with Gasteiger partial charge in [0.1, 0.15) is 5.75 Å². The quantitative estimate of drug-likeness (QED) is 0.625. The highest BCUT2D eigenvalue weighted by Gasteiger charge is 2.28. The fraction of sp³-hybridized carbons (Fsp3) is 0.300. The Bertz CT molecular complexity index is 932. The fourth-order valence-electron chi connectivity index (χ4n) is 2.87. The van der Waals surface area contributed by atoms with Gasteiger partial charge < -0.3 is 15.4 Å². The maximum Gasteiger partial charge on any atom is 0.239 e. The summed E-state index contributed by atoms with van der Waals surface area (Å²) in [6.45, 7) is 0.683. The number of hydrogen-bond acceptors (Lipinski definition) is 6. The third-order valence-electron chi connectivity index (χ3n) is 4.63. The fourth-order valence-corrected chi connectivity index (χ4v) is 2.87. The van der Waals surface area contributed by atoms with Crippen LogP contribution in [0.5, 0.6) is 5.75 Å². The van der Waals surface area contributed by atoms with E-state index in [2.05, 4.69) is 26.2 Å². The monoisotopic (exact) mass is 378 g/mol. The number of hydrogen-bond donors (Lipinski definition) is 2. The molecule has 8 heteroatoms. The number of methoxy groups -OCH3 is 1. The van der Waals surface area contributed by atoms with Crippen molar-refractivity contribution in [1.29, 1.82) is 0 Å². The number of carbonyl (C=O) groups is 1. The van der Waals surface area contributed by atoms with E-state index in [9.17, 15) is 4.79 Å².